The number of carbonyl (C=O) groups is 1. The molecule has 0 aromatic heterocycles. The van der Waals surface area contributed by atoms with E-state index in [2.05, 4.69) is 19.2 Å². The Bertz CT molecular complexity index is 905. The number of hydrogen-bond acceptors (Lipinski definition) is 3. The number of aliphatic hydroxyl groups is 2. The summed E-state index contributed by atoms with van der Waals surface area (Å²) in [5.74, 6) is -0.0561. The van der Waals surface area contributed by atoms with Crippen LogP contribution < -0.4 is 5.32 Å². The van der Waals surface area contributed by atoms with E-state index in [4.69, 9.17) is 0 Å². The zero-order valence-corrected chi connectivity index (χ0v) is 44.8. The van der Waals surface area contributed by atoms with Gasteiger partial charge in [-0.2, -0.15) is 0 Å². The van der Waals surface area contributed by atoms with Gasteiger partial charge in [-0.15, -0.1) is 0 Å². The van der Waals surface area contributed by atoms with E-state index in [-0.39, 0.29) is 12.5 Å². The molecule has 0 aromatic rings. The van der Waals surface area contributed by atoms with Crippen molar-refractivity contribution in [3.63, 3.8) is 0 Å². The molecule has 0 aliphatic rings. The maximum atomic E-state index is 12.5. The fourth-order valence-corrected chi connectivity index (χ4v) is 9.89. The number of nitrogens with one attached hydrogen (secondary N) is 1. The van der Waals surface area contributed by atoms with Gasteiger partial charge < -0.3 is 15.5 Å². The van der Waals surface area contributed by atoms with Crippen LogP contribution in [0.1, 0.15) is 354 Å². The molecule has 3 N–H and O–H groups in total. The smallest absolute Gasteiger partial charge is 0.220 e. The summed E-state index contributed by atoms with van der Waals surface area (Å²) < 4.78 is 0. The Balaban J connectivity index is 3.35. The lowest BCUT2D eigenvalue weighted by molar-refractivity contribution is -0.123. The number of hydrogen-bond donors (Lipinski definition) is 3. The van der Waals surface area contributed by atoms with Crippen molar-refractivity contribution in [2.75, 3.05) is 6.61 Å². The van der Waals surface area contributed by atoms with Gasteiger partial charge in [-0.25, -0.2) is 0 Å². The Labute approximate surface area is 409 Å². The van der Waals surface area contributed by atoms with Crippen LogP contribution in [0.4, 0.5) is 0 Å². The van der Waals surface area contributed by atoms with Gasteiger partial charge in [0.25, 0.3) is 0 Å². The highest BCUT2D eigenvalue weighted by Crippen LogP contribution is 2.19. The van der Waals surface area contributed by atoms with E-state index in [1.165, 1.54) is 308 Å². The summed E-state index contributed by atoms with van der Waals surface area (Å²) in [5, 5.41) is 23.1. The van der Waals surface area contributed by atoms with Crippen molar-refractivity contribution in [1.29, 1.82) is 0 Å². The molecule has 0 fully saturated rings. The zero-order chi connectivity index (χ0) is 47.0. The van der Waals surface area contributed by atoms with E-state index in [1.807, 2.05) is 6.08 Å². The van der Waals surface area contributed by atoms with E-state index in [0.717, 1.165) is 25.7 Å². The predicted molar refractivity (Wildman–Crippen MR) is 290 cm³/mol. The number of unbranched alkanes of at least 4 members (excludes halogenated alkanes) is 50. The normalized spacial score (nSPS) is 12.7. The molecule has 0 rings (SSSR count). The van der Waals surface area contributed by atoms with E-state index in [9.17, 15) is 15.0 Å². The highest BCUT2D eigenvalue weighted by Gasteiger charge is 2.18. The first-order valence-corrected chi connectivity index (χ1v) is 30.4. The molecular weight excluding hydrogens is 795 g/mol. The van der Waals surface area contributed by atoms with Crippen molar-refractivity contribution in [2.45, 2.75) is 366 Å². The van der Waals surface area contributed by atoms with Crippen LogP contribution in [-0.2, 0) is 4.79 Å². The van der Waals surface area contributed by atoms with Crippen LogP contribution in [0.15, 0.2) is 12.2 Å². The molecule has 0 radical (unpaired) electrons. The van der Waals surface area contributed by atoms with Gasteiger partial charge in [-0.3, -0.25) is 4.79 Å². The van der Waals surface area contributed by atoms with Crippen molar-refractivity contribution in [3.8, 4) is 0 Å². The lowest BCUT2D eigenvalue weighted by atomic mass is 10.0. The maximum absolute atomic E-state index is 12.5. The van der Waals surface area contributed by atoms with Crippen LogP contribution in [0.5, 0.6) is 0 Å². The molecule has 0 heterocycles. The minimum absolute atomic E-state index is 0.0561. The molecule has 65 heavy (non-hydrogen) atoms. The average Bonchev–Trinajstić information content (AvgIpc) is 3.31. The minimum atomic E-state index is -0.835. The third-order valence-electron chi connectivity index (χ3n) is 14.5. The van der Waals surface area contributed by atoms with Crippen molar-refractivity contribution in [2.24, 2.45) is 0 Å². The summed E-state index contributed by atoms with van der Waals surface area (Å²) in [5.41, 5.74) is 0. The van der Waals surface area contributed by atoms with E-state index >= 15 is 0 Å². The van der Waals surface area contributed by atoms with Crippen molar-refractivity contribution in [3.05, 3.63) is 12.2 Å². The summed E-state index contributed by atoms with van der Waals surface area (Å²) in [4.78, 5) is 12.5. The van der Waals surface area contributed by atoms with Gasteiger partial charge in [0, 0.05) is 6.42 Å². The van der Waals surface area contributed by atoms with E-state index in [0.29, 0.717) is 6.42 Å². The minimum Gasteiger partial charge on any atom is -0.394 e. The summed E-state index contributed by atoms with van der Waals surface area (Å²) >= 11 is 0. The molecular formula is C61H121NO3. The molecule has 0 saturated heterocycles. The molecule has 0 saturated carbocycles. The molecule has 0 aromatic carbocycles. The largest absolute Gasteiger partial charge is 0.394 e. The van der Waals surface area contributed by atoms with Crippen molar-refractivity contribution < 1.29 is 15.0 Å². The first kappa shape index (κ1) is 64.1. The second kappa shape index (κ2) is 57.4. The van der Waals surface area contributed by atoms with Crippen LogP contribution in [0.3, 0.4) is 0 Å². The lowest BCUT2D eigenvalue weighted by Gasteiger charge is -2.20. The second-order valence-corrected chi connectivity index (χ2v) is 21.1. The molecule has 4 nitrogen and oxygen atoms in total. The number of carbonyl (C=O) groups excluding carboxylic acids is 1. The van der Waals surface area contributed by atoms with Gasteiger partial charge in [0.1, 0.15) is 0 Å². The summed E-state index contributed by atoms with van der Waals surface area (Å²) in [7, 11) is 0. The van der Waals surface area contributed by atoms with Gasteiger partial charge in [0.05, 0.1) is 18.8 Å². The number of allylic oxidation sites excluding steroid dienone is 1. The monoisotopic (exact) mass is 916 g/mol. The summed E-state index contributed by atoms with van der Waals surface area (Å²) in [6.45, 7) is 4.35. The van der Waals surface area contributed by atoms with Crippen LogP contribution in [0.2, 0.25) is 0 Å². The third kappa shape index (κ3) is 53.9. The van der Waals surface area contributed by atoms with Gasteiger partial charge >= 0.3 is 0 Å². The lowest BCUT2D eigenvalue weighted by Crippen LogP contribution is -2.45. The maximum Gasteiger partial charge on any atom is 0.220 e. The second-order valence-electron chi connectivity index (χ2n) is 21.1. The Kier molecular flexibility index (Phi) is 56.7. The quantitative estimate of drug-likeness (QED) is 0.0421. The summed E-state index contributed by atoms with van der Waals surface area (Å²) in [6.07, 6.45) is 75.6. The van der Waals surface area contributed by atoms with Gasteiger partial charge in [0.15, 0.2) is 0 Å². The number of amides is 1. The Morgan fingerprint density at radius 1 is 0.354 bits per heavy atom. The molecule has 0 spiro atoms. The number of aliphatic hydroxyl groups excluding tert-OH is 2. The number of rotatable bonds is 57. The third-order valence-corrected chi connectivity index (χ3v) is 14.5. The van der Waals surface area contributed by atoms with Crippen LogP contribution in [0, 0.1) is 0 Å². The highest BCUT2D eigenvalue weighted by molar-refractivity contribution is 5.76. The van der Waals surface area contributed by atoms with Gasteiger partial charge in [-0.05, 0) is 19.3 Å². The topological polar surface area (TPSA) is 69.6 Å². The molecule has 388 valence electrons. The molecule has 0 aliphatic carbocycles. The summed E-state index contributed by atoms with van der Waals surface area (Å²) in [6, 6.07) is -0.617. The highest BCUT2D eigenvalue weighted by atomic mass is 16.3. The van der Waals surface area contributed by atoms with Gasteiger partial charge in [-0.1, -0.05) is 341 Å². The van der Waals surface area contributed by atoms with Crippen molar-refractivity contribution >= 4 is 5.91 Å². The molecule has 2 unspecified atom stereocenters. The Hall–Kier alpha value is -0.870. The molecule has 0 aliphatic heterocycles. The SMILES string of the molecule is CCCCCCCCCCCCCCC/C=C/C(O)C(CO)NC(=O)CCCCCCCCCCCCCCCCCCCCCCCCCCCCCCCCCCCCCCCC. The zero-order valence-electron chi connectivity index (χ0n) is 44.8. The first-order valence-electron chi connectivity index (χ1n) is 30.4. The van der Waals surface area contributed by atoms with Crippen LogP contribution in [-0.4, -0.2) is 34.9 Å². The van der Waals surface area contributed by atoms with Crippen LogP contribution in [0.25, 0.3) is 0 Å². The van der Waals surface area contributed by atoms with Gasteiger partial charge in [0.2, 0.25) is 5.91 Å². The fourth-order valence-electron chi connectivity index (χ4n) is 9.89. The first-order chi connectivity index (χ1) is 32.2. The Morgan fingerprint density at radius 3 is 0.800 bits per heavy atom. The predicted octanol–water partition coefficient (Wildman–Crippen LogP) is 20.1. The molecule has 1 amide bonds. The van der Waals surface area contributed by atoms with E-state index in [1.54, 1.807) is 6.08 Å². The van der Waals surface area contributed by atoms with Crippen LogP contribution >= 0.6 is 0 Å². The molecule has 0 bridgehead atoms. The Morgan fingerprint density at radius 2 is 0.569 bits per heavy atom. The standard InChI is InChI=1S/C61H121NO3/c1-3-5-7-9-11-13-15-17-19-20-21-22-23-24-25-26-27-28-29-30-31-32-33-34-35-36-37-38-39-40-41-43-45-47-49-51-53-55-57-61(65)62-59(58-63)60(64)56-54-52-50-48-46-44-42-18-16-14-12-10-8-6-4-2/h54,56,59-60,63-64H,3-53,55,57-58H2,1-2H3,(H,62,65)/b56-54+. The molecule has 4 heteroatoms. The fraction of sp³-hybridized carbons (Fsp3) is 0.951. The van der Waals surface area contributed by atoms with E-state index < -0.39 is 12.1 Å². The average molecular weight is 917 g/mol. The molecule has 2 atom stereocenters. The van der Waals surface area contributed by atoms with Crippen molar-refractivity contribution in [1.82, 2.24) is 5.32 Å².